The molecule has 0 unspecified atom stereocenters. The van der Waals surface area contributed by atoms with E-state index >= 15 is 0 Å². The van der Waals surface area contributed by atoms with Crippen molar-refractivity contribution < 1.29 is 14.9 Å². The molecule has 0 saturated heterocycles. The van der Waals surface area contributed by atoms with Crippen molar-refractivity contribution in [2.24, 2.45) is 0 Å². The van der Waals surface area contributed by atoms with Crippen LogP contribution < -0.4 is 4.74 Å². The van der Waals surface area contributed by atoms with Crippen LogP contribution in [0.2, 0.25) is 0 Å². The van der Waals surface area contributed by atoms with Crippen LogP contribution in [0.25, 0.3) is 0 Å². The van der Waals surface area contributed by atoms with Gasteiger partial charge in [-0.1, -0.05) is 6.07 Å². The molecule has 0 aliphatic carbocycles. The summed E-state index contributed by atoms with van der Waals surface area (Å²) in [6, 6.07) is 3.78. The lowest BCUT2D eigenvalue weighted by molar-refractivity contribution is 0.193. The number of methoxy groups -OCH3 is 1. The second-order valence-corrected chi connectivity index (χ2v) is 3.75. The summed E-state index contributed by atoms with van der Waals surface area (Å²) < 4.78 is 5.17. The van der Waals surface area contributed by atoms with Crippen molar-refractivity contribution in [2.75, 3.05) is 7.11 Å². The van der Waals surface area contributed by atoms with Gasteiger partial charge >= 0.3 is 0 Å². The highest BCUT2D eigenvalue weighted by molar-refractivity contribution is 5.44. The lowest BCUT2D eigenvalue weighted by Crippen LogP contribution is -2.09. The summed E-state index contributed by atoms with van der Waals surface area (Å²) in [7, 11) is 1.58. The molecule has 3 nitrogen and oxygen atoms in total. The number of hydrogen-bond donors (Lipinski definition) is 2. The first-order valence-electron chi connectivity index (χ1n) is 5.04. The second kappa shape index (κ2) is 5.14. The molecule has 84 valence electrons. The Morgan fingerprint density at radius 1 is 1.33 bits per heavy atom. The third kappa shape index (κ3) is 2.70. The van der Waals surface area contributed by atoms with Crippen molar-refractivity contribution in [1.29, 1.82) is 0 Å². The Hall–Kier alpha value is -1.06. The monoisotopic (exact) mass is 210 g/mol. The molecule has 0 aliphatic heterocycles. The predicted octanol–water partition coefficient (Wildman–Crippen LogP) is 1.42. The van der Waals surface area contributed by atoms with Crippen molar-refractivity contribution in [3.8, 4) is 5.75 Å². The number of ether oxygens (including phenoxy) is 1. The molecular formula is C12H18O3. The molecule has 0 saturated carbocycles. The van der Waals surface area contributed by atoms with Crippen molar-refractivity contribution in [2.45, 2.75) is 33.0 Å². The van der Waals surface area contributed by atoms with Crippen LogP contribution in [0.3, 0.4) is 0 Å². The van der Waals surface area contributed by atoms with Gasteiger partial charge < -0.3 is 14.9 Å². The van der Waals surface area contributed by atoms with Gasteiger partial charge in [0.05, 0.1) is 19.8 Å². The second-order valence-electron chi connectivity index (χ2n) is 3.75. The zero-order valence-corrected chi connectivity index (χ0v) is 9.45. The van der Waals surface area contributed by atoms with Gasteiger partial charge in [-0.2, -0.15) is 0 Å². The fourth-order valence-corrected chi connectivity index (χ4v) is 1.73. The van der Waals surface area contributed by atoms with Crippen LogP contribution in [0.15, 0.2) is 12.1 Å². The van der Waals surface area contributed by atoms with E-state index in [9.17, 15) is 10.2 Å². The number of benzene rings is 1. The lowest BCUT2D eigenvalue weighted by atomic mass is 9.96. The fourth-order valence-electron chi connectivity index (χ4n) is 1.73. The van der Waals surface area contributed by atoms with Gasteiger partial charge in [-0.3, -0.25) is 0 Å². The zero-order chi connectivity index (χ0) is 11.4. The highest BCUT2D eigenvalue weighted by Gasteiger charge is 2.12. The molecule has 0 radical (unpaired) electrons. The van der Waals surface area contributed by atoms with E-state index in [0.29, 0.717) is 12.2 Å². The van der Waals surface area contributed by atoms with E-state index in [-0.39, 0.29) is 6.61 Å². The fraction of sp³-hybridized carbons (Fsp3) is 0.500. The number of aliphatic hydroxyl groups excluding tert-OH is 2. The number of aryl methyl sites for hydroxylation is 1. The molecule has 2 N–H and O–H groups in total. The average Bonchev–Trinajstić information content (AvgIpc) is 2.20. The van der Waals surface area contributed by atoms with Crippen LogP contribution in [0, 0.1) is 6.92 Å². The molecule has 0 bridgehead atoms. The van der Waals surface area contributed by atoms with Crippen LogP contribution >= 0.6 is 0 Å². The molecule has 0 aromatic heterocycles. The van der Waals surface area contributed by atoms with Crippen molar-refractivity contribution >= 4 is 0 Å². The number of rotatable bonds is 4. The van der Waals surface area contributed by atoms with Gasteiger partial charge in [-0.05, 0) is 37.5 Å². The summed E-state index contributed by atoms with van der Waals surface area (Å²) >= 11 is 0. The largest absolute Gasteiger partial charge is 0.496 e. The first-order valence-corrected chi connectivity index (χ1v) is 5.04. The highest BCUT2D eigenvalue weighted by atomic mass is 16.5. The van der Waals surface area contributed by atoms with E-state index in [1.54, 1.807) is 14.0 Å². The number of aliphatic hydroxyl groups is 2. The van der Waals surface area contributed by atoms with E-state index < -0.39 is 6.10 Å². The van der Waals surface area contributed by atoms with Crippen molar-refractivity contribution in [3.05, 3.63) is 28.8 Å². The first kappa shape index (κ1) is 12.0. The van der Waals surface area contributed by atoms with Crippen LogP contribution in [0.4, 0.5) is 0 Å². The van der Waals surface area contributed by atoms with E-state index in [0.717, 1.165) is 16.7 Å². The Labute approximate surface area is 90.3 Å². The summed E-state index contributed by atoms with van der Waals surface area (Å²) in [5.41, 5.74) is 2.82. The minimum Gasteiger partial charge on any atom is -0.496 e. The van der Waals surface area contributed by atoms with E-state index in [2.05, 4.69) is 0 Å². The van der Waals surface area contributed by atoms with Crippen LogP contribution in [-0.4, -0.2) is 23.4 Å². The third-order valence-electron chi connectivity index (χ3n) is 2.50. The van der Waals surface area contributed by atoms with E-state index in [4.69, 9.17) is 4.74 Å². The Morgan fingerprint density at radius 3 is 2.47 bits per heavy atom. The Morgan fingerprint density at radius 2 is 2.00 bits per heavy atom. The minimum absolute atomic E-state index is 0.0626. The maximum atomic E-state index is 9.39. The Bertz CT molecular complexity index is 332. The molecule has 0 heterocycles. The first-order chi connectivity index (χ1) is 7.10. The summed E-state index contributed by atoms with van der Waals surface area (Å²) in [5.74, 6) is 0.679. The SMILES string of the molecule is COc1ccc(C)c(C[C@H](C)O)c1CO. The summed E-state index contributed by atoms with van der Waals surface area (Å²) in [6.45, 7) is 3.64. The van der Waals surface area contributed by atoms with Crippen molar-refractivity contribution in [3.63, 3.8) is 0 Å². The molecule has 1 atom stereocenters. The van der Waals surface area contributed by atoms with Gasteiger partial charge in [-0.25, -0.2) is 0 Å². The van der Waals surface area contributed by atoms with Gasteiger partial charge in [0, 0.05) is 5.56 Å². The summed E-state index contributed by atoms with van der Waals surface area (Å²) in [5, 5.41) is 18.7. The van der Waals surface area contributed by atoms with Gasteiger partial charge in [-0.15, -0.1) is 0 Å². The van der Waals surface area contributed by atoms with Gasteiger partial charge in [0.1, 0.15) is 5.75 Å². The normalized spacial score (nSPS) is 12.6. The van der Waals surface area contributed by atoms with Gasteiger partial charge in [0.2, 0.25) is 0 Å². The zero-order valence-electron chi connectivity index (χ0n) is 9.45. The molecule has 1 rings (SSSR count). The van der Waals surface area contributed by atoms with Crippen LogP contribution in [-0.2, 0) is 13.0 Å². The van der Waals surface area contributed by atoms with Crippen LogP contribution in [0.5, 0.6) is 5.75 Å². The Balaban J connectivity index is 3.19. The standard InChI is InChI=1S/C12H18O3/c1-8-4-5-12(15-3)11(7-13)10(8)6-9(2)14/h4-5,9,13-14H,6-7H2,1-3H3/t9-/m0/s1. The minimum atomic E-state index is -0.416. The molecule has 0 spiro atoms. The molecule has 0 amide bonds. The molecule has 1 aromatic carbocycles. The van der Waals surface area contributed by atoms with Crippen LogP contribution in [0.1, 0.15) is 23.6 Å². The maximum absolute atomic E-state index is 9.39. The molecule has 15 heavy (non-hydrogen) atoms. The van der Waals surface area contributed by atoms with E-state index in [1.807, 2.05) is 19.1 Å². The average molecular weight is 210 g/mol. The summed E-state index contributed by atoms with van der Waals surface area (Å²) in [4.78, 5) is 0. The molecule has 1 aromatic rings. The topological polar surface area (TPSA) is 49.7 Å². The van der Waals surface area contributed by atoms with Gasteiger partial charge in [0.25, 0.3) is 0 Å². The van der Waals surface area contributed by atoms with Gasteiger partial charge in [0.15, 0.2) is 0 Å². The Kier molecular flexibility index (Phi) is 4.12. The maximum Gasteiger partial charge on any atom is 0.124 e. The highest BCUT2D eigenvalue weighted by Crippen LogP contribution is 2.26. The molecular weight excluding hydrogens is 192 g/mol. The number of hydrogen-bond acceptors (Lipinski definition) is 3. The molecule has 3 heteroatoms. The molecule has 0 fully saturated rings. The van der Waals surface area contributed by atoms with E-state index in [1.165, 1.54) is 0 Å². The smallest absolute Gasteiger partial charge is 0.124 e. The van der Waals surface area contributed by atoms with Crippen molar-refractivity contribution in [1.82, 2.24) is 0 Å². The lowest BCUT2D eigenvalue weighted by Gasteiger charge is -2.16. The summed E-state index contributed by atoms with van der Waals surface area (Å²) in [6.07, 6.45) is 0.125. The molecule has 0 aliphatic rings. The quantitative estimate of drug-likeness (QED) is 0.790. The predicted molar refractivity (Wildman–Crippen MR) is 59.0 cm³/mol. The third-order valence-corrected chi connectivity index (χ3v) is 2.50.